The van der Waals surface area contributed by atoms with Gasteiger partial charge in [-0.15, -0.1) is 0 Å². The number of hydrogen-bond donors (Lipinski definition) is 1. The van der Waals surface area contributed by atoms with E-state index in [2.05, 4.69) is 0 Å². The number of carbonyl (C=O) groups excluding carboxylic acids is 2. The molecule has 0 aromatic heterocycles. The third-order valence-corrected chi connectivity index (χ3v) is 4.47. The number of rotatable bonds is 5. The Hall–Kier alpha value is -2.38. The largest absolute Gasteiger partial charge is 0.463 e. The summed E-state index contributed by atoms with van der Waals surface area (Å²) in [5.74, 6) is -0.461. The highest BCUT2D eigenvalue weighted by Gasteiger charge is 2.48. The van der Waals surface area contributed by atoms with E-state index in [-0.39, 0.29) is 13.2 Å². The molecule has 2 rings (SSSR count). The number of amides is 1. The second-order valence-corrected chi connectivity index (χ2v) is 8.33. The average molecular weight is 405 g/mol. The van der Waals surface area contributed by atoms with Gasteiger partial charge in [-0.05, 0) is 58.7 Å². The van der Waals surface area contributed by atoms with Crippen LogP contribution in [0.1, 0.15) is 58.8 Å². The fourth-order valence-corrected chi connectivity index (χ4v) is 3.22. The number of nitrogens with zero attached hydrogens (tertiary/aromatic N) is 1. The predicted molar refractivity (Wildman–Crippen MR) is 109 cm³/mol. The third-order valence-electron chi connectivity index (χ3n) is 4.47. The molecule has 1 aromatic carbocycles. The summed E-state index contributed by atoms with van der Waals surface area (Å²) in [5.41, 5.74) is -0.371. The Morgan fingerprint density at radius 1 is 1.34 bits per heavy atom. The van der Waals surface area contributed by atoms with Crippen LogP contribution < -0.4 is 0 Å². The predicted octanol–water partition coefficient (Wildman–Crippen LogP) is 3.67. The highest BCUT2D eigenvalue weighted by Crippen LogP contribution is 2.36. The van der Waals surface area contributed by atoms with Crippen molar-refractivity contribution in [2.45, 2.75) is 65.0 Å². The van der Waals surface area contributed by atoms with Crippen molar-refractivity contribution in [3.8, 4) is 0 Å². The standard InChI is InChI=1S/C22H31NO6/c1-7-27-18(24)13-12-15-10-8-9-11-16(15)19(25)17-14-28-22(5,6)23(17)20(26)29-21(2,3)4/h8-13,17,19,25H,7,14H2,1-6H3/b13-12+/t17-,19+/m1/s1. The van der Waals surface area contributed by atoms with Gasteiger partial charge in [0.2, 0.25) is 0 Å². The summed E-state index contributed by atoms with van der Waals surface area (Å²) >= 11 is 0. The first kappa shape index (κ1) is 22.9. The summed E-state index contributed by atoms with van der Waals surface area (Å²) in [5, 5.41) is 11.1. The SMILES string of the molecule is CCOC(=O)/C=C/c1ccccc1[C@H](O)[C@H]1COC(C)(C)N1C(=O)OC(C)(C)C. The molecule has 0 bridgehead atoms. The van der Waals surface area contributed by atoms with Gasteiger partial charge < -0.3 is 19.3 Å². The summed E-state index contributed by atoms with van der Waals surface area (Å²) in [6.45, 7) is 11.1. The Morgan fingerprint density at radius 3 is 2.62 bits per heavy atom. The van der Waals surface area contributed by atoms with E-state index in [9.17, 15) is 14.7 Å². The van der Waals surface area contributed by atoms with Crippen LogP contribution in [0, 0.1) is 0 Å². The van der Waals surface area contributed by atoms with Gasteiger partial charge in [0.05, 0.1) is 19.3 Å². The van der Waals surface area contributed by atoms with Crippen molar-refractivity contribution in [3.63, 3.8) is 0 Å². The molecule has 1 amide bonds. The van der Waals surface area contributed by atoms with Crippen LogP contribution in [0.3, 0.4) is 0 Å². The minimum absolute atomic E-state index is 0.156. The highest BCUT2D eigenvalue weighted by molar-refractivity contribution is 5.87. The number of benzene rings is 1. The summed E-state index contributed by atoms with van der Waals surface area (Å²) in [6, 6.07) is 6.50. The molecule has 2 atom stereocenters. The molecule has 1 heterocycles. The summed E-state index contributed by atoms with van der Waals surface area (Å²) in [4.78, 5) is 25.9. The molecule has 0 aliphatic carbocycles. The van der Waals surface area contributed by atoms with Crippen LogP contribution >= 0.6 is 0 Å². The average Bonchev–Trinajstić information content (AvgIpc) is 2.93. The lowest BCUT2D eigenvalue weighted by Crippen LogP contribution is -2.51. The molecule has 1 aliphatic rings. The molecule has 0 radical (unpaired) electrons. The number of carbonyl (C=O) groups is 2. The van der Waals surface area contributed by atoms with E-state index < -0.39 is 35.5 Å². The van der Waals surface area contributed by atoms with Gasteiger partial charge in [-0.2, -0.15) is 0 Å². The number of esters is 1. The highest BCUT2D eigenvalue weighted by atomic mass is 16.6. The molecule has 7 heteroatoms. The number of aliphatic hydroxyl groups excluding tert-OH is 1. The number of hydrogen-bond acceptors (Lipinski definition) is 6. The Labute approximate surface area is 172 Å². The summed E-state index contributed by atoms with van der Waals surface area (Å²) in [6.07, 6.45) is 1.32. The fraction of sp³-hybridized carbons (Fsp3) is 0.545. The number of aliphatic hydroxyl groups is 1. The van der Waals surface area contributed by atoms with Crippen molar-refractivity contribution in [3.05, 3.63) is 41.5 Å². The molecule has 0 saturated carbocycles. The van der Waals surface area contributed by atoms with E-state index in [1.165, 1.54) is 11.0 Å². The van der Waals surface area contributed by atoms with Gasteiger partial charge in [-0.3, -0.25) is 4.90 Å². The third kappa shape index (κ3) is 5.81. The lowest BCUT2D eigenvalue weighted by atomic mass is 9.96. The van der Waals surface area contributed by atoms with Gasteiger partial charge in [0.1, 0.15) is 17.4 Å². The summed E-state index contributed by atoms with van der Waals surface area (Å²) < 4.78 is 16.2. The normalized spacial score (nSPS) is 20.0. The molecular formula is C22H31NO6. The summed E-state index contributed by atoms with van der Waals surface area (Å²) in [7, 11) is 0. The molecule has 1 saturated heterocycles. The lowest BCUT2D eigenvalue weighted by Gasteiger charge is -2.36. The Bertz CT molecular complexity index is 765. The van der Waals surface area contributed by atoms with Crippen molar-refractivity contribution >= 4 is 18.1 Å². The molecular weight excluding hydrogens is 374 g/mol. The van der Waals surface area contributed by atoms with Crippen molar-refractivity contribution in [1.29, 1.82) is 0 Å². The first-order valence-corrected chi connectivity index (χ1v) is 9.74. The monoisotopic (exact) mass is 405 g/mol. The van der Waals surface area contributed by atoms with Crippen molar-refractivity contribution < 1.29 is 28.9 Å². The Balaban J connectivity index is 2.32. The first-order chi connectivity index (χ1) is 13.5. The number of ether oxygens (including phenoxy) is 3. The van der Waals surface area contributed by atoms with Gasteiger partial charge >= 0.3 is 12.1 Å². The van der Waals surface area contributed by atoms with Crippen LogP contribution in [-0.2, 0) is 19.0 Å². The molecule has 7 nitrogen and oxygen atoms in total. The lowest BCUT2D eigenvalue weighted by molar-refractivity contribution is -0.137. The molecule has 1 aliphatic heterocycles. The van der Waals surface area contributed by atoms with Gasteiger partial charge in [0.25, 0.3) is 0 Å². The van der Waals surface area contributed by atoms with Crippen LogP contribution in [0.15, 0.2) is 30.3 Å². The smallest absolute Gasteiger partial charge is 0.413 e. The van der Waals surface area contributed by atoms with Crippen LogP contribution in [0.2, 0.25) is 0 Å². The molecule has 0 unspecified atom stereocenters. The van der Waals surface area contributed by atoms with E-state index in [1.807, 2.05) is 6.07 Å². The van der Waals surface area contributed by atoms with Crippen LogP contribution in [0.5, 0.6) is 0 Å². The fourth-order valence-electron chi connectivity index (χ4n) is 3.22. The van der Waals surface area contributed by atoms with Crippen LogP contribution in [0.25, 0.3) is 6.08 Å². The minimum Gasteiger partial charge on any atom is -0.463 e. The zero-order valence-electron chi connectivity index (χ0n) is 18.0. The first-order valence-electron chi connectivity index (χ1n) is 9.74. The topological polar surface area (TPSA) is 85.3 Å². The van der Waals surface area contributed by atoms with Crippen molar-refractivity contribution in [1.82, 2.24) is 4.90 Å². The molecule has 160 valence electrons. The quantitative estimate of drug-likeness (QED) is 0.594. The second-order valence-electron chi connectivity index (χ2n) is 8.33. The van der Waals surface area contributed by atoms with Crippen molar-refractivity contribution in [2.75, 3.05) is 13.2 Å². The van der Waals surface area contributed by atoms with Crippen LogP contribution in [0.4, 0.5) is 4.79 Å². The van der Waals surface area contributed by atoms with Gasteiger partial charge in [-0.25, -0.2) is 9.59 Å². The molecule has 29 heavy (non-hydrogen) atoms. The zero-order valence-corrected chi connectivity index (χ0v) is 18.0. The maximum atomic E-state index is 12.8. The maximum Gasteiger partial charge on any atom is 0.413 e. The van der Waals surface area contributed by atoms with E-state index in [1.54, 1.807) is 65.8 Å². The minimum atomic E-state index is -1.03. The van der Waals surface area contributed by atoms with Crippen LogP contribution in [-0.4, -0.2) is 52.7 Å². The van der Waals surface area contributed by atoms with Gasteiger partial charge in [-0.1, -0.05) is 24.3 Å². The second kappa shape index (κ2) is 8.97. The Morgan fingerprint density at radius 2 is 2.00 bits per heavy atom. The van der Waals surface area contributed by atoms with Gasteiger partial charge in [0, 0.05) is 6.08 Å². The van der Waals surface area contributed by atoms with Crippen molar-refractivity contribution in [2.24, 2.45) is 0 Å². The van der Waals surface area contributed by atoms with E-state index in [0.717, 1.165) is 0 Å². The molecule has 1 N–H and O–H groups in total. The zero-order chi connectivity index (χ0) is 21.8. The van der Waals surface area contributed by atoms with E-state index >= 15 is 0 Å². The molecule has 1 aromatic rings. The molecule has 1 fully saturated rings. The maximum absolute atomic E-state index is 12.8. The van der Waals surface area contributed by atoms with E-state index in [0.29, 0.717) is 11.1 Å². The Kier molecular flexibility index (Phi) is 7.08. The van der Waals surface area contributed by atoms with Gasteiger partial charge in [0.15, 0.2) is 0 Å². The van der Waals surface area contributed by atoms with E-state index in [4.69, 9.17) is 14.2 Å². The molecule has 0 spiro atoms.